The fourth-order valence-corrected chi connectivity index (χ4v) is 3.69. The minimum absolute atomic E-state index is 0. The number of hydrogen-bond acceptors (Lipinski definition) is 5. The molecule has 1 N–H and O–H groups in total. The van der Waals surface area contributed by atoms with Crippen LogP contribution in [-0.2, 0) is 16.1 Å². The van der Waals surface area contributed by atoms with Crippen molar-refractivity contribution in [1.82, 2.24) is 14.9 Å². The highest BCUT2D eigenvalue weighted by Gasteiger charge is 2.40. The second-order valence-corrected chi connectivity index (χ2v) is 6.61. The predicted octanol–water partition coefficient (Wildman–Crippen LogP) is 2.53. The Balaban J connectivity index is 0.00000243. The quantitative estimate of drug-likeness (QED) is 0.781. The van der Waals surface area contributed by atoms with Crippen LogP contribution < -0.4 is 10.9 Å². The highest BCUT2D eigenvalue weighted by Crippen LogP contribution is 2.35. The summed E-state index contributed by atoms with van der Waals surface area (Å²) in [5, 5.41) is 4.30. The van der Waals surface area contributed by atoms with Gasteiger partial charge in [0.2, 0.25) is 0 Å². The lowest BCUT2D eigenvalue weighted by Gasteiger charge is -2.35. The van der Waals surface area contributed by atoms with E-state index in [-0.39, 0.29) is 23.9 Å². The van der Waals surface area contributed by atoms with Gasteiger partial charge in [0.05, 0.1) is 23.7 Å². The molecule has 0 aromatic carbocycles. The van der Waals surface area contributed by atoms with E-state index < -0.39 is 5.41 Å². The van der Waals surface area contributed by atoms with Crippen LogP contribution in [0.2, 0.25) is 0 Å². The lowest BCUT2D eigenvalue weighted by molar-refractivity contribution is -0.157. The van der Waals surface area contributed by atoms with Crippen LogP contribution in [0.4, 0.5) is 0 Å². The summed E-state index contributed by atoms with van der Waals surface area (Å²) in [6, 6.07) is 5.31. The highest BCUT2D eigenvalue weighted by molar-refractivity contribution is 5.85. The normalized spacial score (nSPS) is 16.0. The van der Waals surface area contributed by atoms with Crippen molar-refractivity contribution in [1.29, 1.82) is 0 Å². The van der Waals surface area contributed by atoms with E-state index in [1.54, 1.807) is 23.0 Å². The summed E-state index contributed by atoms with van der Waals surface area (Å²) in [4.78, 5) is 28.9. The third kappa shape index (κ3) is 4.24. The number of piperidine rings is 1. The molecule has 3 heterocycles. The van der Waals surface area contributed by atoms with E-state index in [4.69, 9.17) is 4.74 Å². The number of nitrogens with zero attached hydrogens (tertiary/aromatic N) is 2. The zero-order chi connectivity index (χ0) is 17.7. The molecule has 1 aliphatic rings. The molecule has 0 bridgehead atoms. The van der Waals surface area contributed by atoms with Crippen LogP contribution in [0.25, 0.3) is 10.9 Å². The van der Waals surface area contributed by atoms with Gasteiger partial charge >= 0.3 is 5.97 Å². The molecule has 3 rings (SSSR count). The number of aryl methyl sites for hydroxylation is 1. The standard InChI is InChI=1S/C19H25N3O3.ClH/c1-2-25-18(24)19(8-11-20-12-9-19)7-3-13-22-16-14-21-10-6-15(16)4-5-17(22)23;/h4-6,10,14,20H,2-3,7-9,11-13H2,1H3;1H. The van der Waals surface area contributed by atoms with Crippen molar-refractivity contribution in [3.05, 3.63) is 40.9 Å². The van der Waals surface area contributed by atoms with Crippen LogP contribution in [0.15, 0.2) is 35.4 Å². The van der Waals surface area contributed by atoms with E-state index in [9.17, 15) is 9.59 Å². The Kier molecular flexibility index (Phi) is 7.17. The van der Waals surface area contributed by atoms with Crippen molar-refractivity contribution in [2.45, 2.75) is 39.2 Å². The van der Waals surface area contributed by atoms with Crippen LogP contribution in [0.5, 0.6) is 0 Å². The molecule has 1 fully saturated rings. The van der Waals surface area contributed by atoms with Crippen LogP contribution in [0.3, 0.4) is 0 Å². The summed E-state index contributed by atoms with van der Waals surface area (Å²) in [5.74, 6) is -0.0940. The topological polar surface area (TPSA) is 73.2 Å². The third-order valence-electron chi connectivity index (χ3n) is 5.10. The molecule has 2 aromatic heterocycles. The van der Waals surface area contributed by atoms with Crippen molar-refractivity contribution in [2.24, 2.45) is 5.41 Å². The van der Waals surface area contributed by atoms with E-state index in [0.717, 1.165) is 49.7 Å². The molecule has 0 aliphatic carbocycles. The van der Waals surface area contributed by atoms with Crippen LogP contribution >= 0.6 is 12.4 Å². The number of aromatic nitrogens is 2. The first-order chi connectivity index (χ1) is 12.2. The Bertz CT molecular complexity index is 800. The Morgan fingerprint density at radius 2 is 2.08 bits per heavy atom. The summed E-state index contributed by atoms with van der Waals surface area (Å²) >= 11 is 0. The number of nitrogens with one attached hydrogen (secondary N) is 1. The van der Waals surface area contributed by atoms with Crippen molar-refractivity contribution in [3.8, 4) is 0 Å². The van der Waals surface area contributed by atoms with E-state index in [1.807, 2.05) is 19.1 Å². The predicted molar refractivity (Wildman–Crippen MR) is 104 cm³/mol. The number of ether oxygens (including phenoxy) is 1. The lowest BCUT2D eigenvalue weighted by Crippen LogP contribution is -2.43. The molecule has 2 aromatic rings. The molecule has 142 valence electrons. The number of hydrogen-bond donors (Lipinski definition) is 1. The summed E-state index contributed by atoms with van der Waals surface area (Å²) in [7, 11) is 0. The first-order valence-electron chi connectivity index (χ1n) is 8.98. The second kappa shape index (κ2) is 9.14. The molecule has 1 aliphatic heterocycles. The van der Waals surface area contributed by atoms with Gasteiger partial charge in [-0.3, -0.25) is 14.6 Å². The summed E-state index contributed by atoms with van der Waals surface area (Å²) in [6.45, 7) is 4.49. The van der Waals surface area contributed by atoms with Crippen LogP contribution in [-0.4, -0.2) is 35.2 Å². The third-order valence-corrected chi connectivity index (χ3v) is 5.10. The van der Waals surface area contributed by atoms with E-state index in [0.29, 0.717) is 13.2 Å². The molecule has 26 heavy (non-hydrogen) atoms. The van der Waals surface area contributed by atoms with Crippen molar-refractivity contribution in [2.75, 3.05) is 19.7 Å². The van der Waals surface area contributed by atoms with Gasteiger partial charge in [0.25, 0.3) is 5.56 Å². The summed E-state index contributed by atoms with van der Waals surface area (Å²) < 4.78 is 7.09. The average Bonchev–Trinajstić information content (AvgIpc) is 2.64. The number of halogens is 1. The SMILES string of the molecule is CCOC(=O)C1(CCCn2c(=O)ccc3ccncc32)CCNCC1.Cl. The molecular formula is C19H26ClN3O3. The molecule has 0 saturated carbocycles. The zero-order valence-electron chi connectivity index (χ0n) is 15.1. The van der Waals surface area contributed by atoms with Crippen LogP contribution in [0.1, 0.15) is 32.6 Å². The Hall–Kier alpha value is -1.92. The van der Waals surface area contributed by atoms with Gasteiger partial charge in [-0.2, -0.15) is 0 Å². The summed E-state index contributed by atoms with van der Waals surface area (Å²) in [5.41, 5.74) is 0.384. The first kappa shape index (κ1) is 20.4. The highest BCUT2D eigenvalue weighted by atomic mass is 35.5. The smallest absolute Gasteiger partial charge is 0.312 e. The number of carbonyl (C=O) groups excluding carboxylic acids is 1. The number of esters is 1. The van der Waals surface area contributed by atoms with Gasteiger partial charge in [-0.25, -0.2) is 0 Å². The largest absolute Gasteiger partial charge is 0.466 e. The Morgan fingerprint density at radius 3 is 2.81 bits per heavy atom. The minimum atomic E-state index is -0.423. The van der Waals surface area contributed by atoms with Gasteiger partial charge in [0.15, 0.2) is 0 Å². The monoisotopic (exact) mass is 379 g/mol. The van der Waals surface area contributed by atoms with Crippen molar-refractivity contribution < 1.29 is 9.53 Å². The lowest BCUT2D eigenvalue weighted by atomic mass is 9.75. The molecule has 1 saturated heterocycles. The molecule has 7 heteroatoms. The molecule has 0 radical (unpaired) electrons. The van der Waals surface area contributed by atoms with Gasteiger partial charge in [-0.1, -0.05) is 0 Å². The van der Waals surface area contributed by atoms with Crippen molar-refractivity contribution >= 4 is 29.3 Å². The maximum atomic E-state index is 12.5. The fourth-order valence-electron chi connectivity index (χ4n) is 3.69. The van der Waals surface area contributed by atoms with E-state index in [1.165, 1.54) is 0 Å². The molecule has 0 atom stereocenters. The molecular weight excluding hydrogens is 354 g/mol. The van der Waals surface area contributed by atoms with Crippen LogP contribution in [0, 0.1) is 5.41 Å². The maximum absolute atomic E-state index is 12.5. The summed E-state index contributed by atoms with van der Waals surface area (Å²) in [6.07, 6.45) is 6.52. The fraction of sp³-hybridized carbons (Fsp3) is 0.526. The van der Waals surface area contributed by atoms with Gasteiger partial charge in [0, 0.05) is 24.2 Å². The number of rotatable bonds is 6. The Morgan fingerprint density at radius 1 is 1.31 bits per heavy atom. The van der Waals surface area contributed by atoms with Gasteiger partial charge in [-0.05, 0) is 57.8 Å². The first-order valence-corrected chi connectivity index (χ1v) is 8.98. The Labute approximate surface area is 159 Å². The maximum Gasteiger partial charge on any atom is 0.312 e. The molecule has 0 unspecified atom stereocenters. The number of carbonyl (C=O) groups is 1. The minimum Gasteiger partial charge on any atom is -0.466 e. The average molecular weight is 380 g/mol. The number of pyridine rings is 2. The van der Waals surface area contributed by atoms with E-state index in [2.05, 4.69) is 10.3 Å². The van der Waals surface area contributed by atoms with Gasteiger partial charge in [-0.15, -0.1) is 12.4 Å². The van der Waals surface area contributed by atoms with Gasteiger partial charge in [0.1, 0.15) is 0 Å². The molecule has 6 nitrogen and oxygen atoms in total. The van der Waals surface area contributed by atoms with E-state index >= 15 is 0 Å². The molecule has 0 spiro atoms. The number of fused-ring (bicyclic) bond motifs is 1. The molecule has 0 amide bonds. The van der Waals surface area contributed by atoms with Gasteiger partial charge < -0.3 is 14.6 Å². The van der Waals surface area contributed by atoms with Crippen molar-refractivity contribution in [3.63, 3.8) is 0 Å². The second-order valence-electron chi connectivity index (χ2n) is 6.61. The zero-order valence-corrected chi connectivity index (χ0v) is 15.9.